The molecule has 238 valence electrons. The number of ether oxygens (including phenoxy) is 2. The summed E-state index contributed by atoms with van der Waals surface area (Å²) in [5.74, 6) is -1.88. The summed E-state index contributed by atoms with van der Waals surface area (Å²) in [7, 11) is -1.73. The van der Waals surface area contributed by atoms with Crippen molar-refractivity contribution in [1.82, 2.24) is 15.2 Å². The van der Waals surface area contributed by atoms with Gasteiger partial charge in [-0.05, 0) is 50.0 Å². The number of esters is 1. The molecular weight excluding hydrogens is 629 g/mol. The third kappa shape index (κ3) is 6.24. The first-order chi connectivity index (χ1) is 22.0. The Morgan fingerprint density at radius 2 is 1.72 bits per heavy atom. The van der Waals surface area contributed by atoms with Gasteiger partial charge in [0.15, 0.2) is 11.2 Å². The van der Waals surface area contributed by atoms with Crippen LogP contribution in [0.2, 0.25) is 0 Å². The Morgan fingerprint density at radius 1 is 1.07 bits per heavy atom. The number of β-lactam (4-membered cyclic amide) rings is 1. The molecule has 2 aromatic carbocycles. The highest BCUT2D eigenvalue weighted by Crippen LogP contribution is 2.39. The lowest BCUT2D eigenvalue weighted by atomic mass is 10.00. The Kier molecular flexibility index (Phi) is 8.62. The highest BCUT2D eigenvalue weighted by molar-refractivity contribution is 7.86. The fourth-order valence-electron chi connectivity index (χ4n) is 5.58. The summed E-state index contributed by atoms with van der Waals surface area (Å²) >= 11 is 1.33. The zero-order valence-electron chi connectivity index (χ0n) is 25.4. The SMILES string of the molecule is CC(C)(C)OC(=O)N[C@@H]1C(=O)N2C(C(=O)OC(c3ccccc3)c3ccccc3)=C(C=C3CCN(c4nccs4)C3=O)C[S@](=O)[C@H]12. The highest BCUT2D eigenvalue weighted by Gasteiger charge is 2.58. The van der Waals surface area contributed by atoms with Crippen LogP contribution in [0.4, 0.5) is 9.93 Å². The summed E-state index contributed by atoms with van der Waals surface area (Å²) in [5.41, 5.74) is 1.13. The van der Waals surface area contributed by atoms with Crippen molar-refractivity contribution in [3.63, 3.8) is 0 Å². The van der Waals surface area contributed by atoms with E-state index < -0.39 is 51.9 Å². The lowest BCUT2D eigenvalue weighted by molar-refractivity contribution is -0.153. The predicted octanol–water partition coefficient (Wildman–Crippen LogP) is 4.22. The molecule has 0 bridgehead atoms. The van der Waals surface area contributed by atoms with E-state index in [1.807, 2.05) is 60.7 Å². The standard InChI is InChI=1S/C33H32N4O7S2/c1-33(2,3)44-32(41)35-24-28(39)37-25(30(40)43-26(20-10-6-4-7-11-20)21-12-8-5-9-13-21)23(19-46(42)29(24)37)18-22-14-16-36(27(22)38)31-34-15-17-45-31/h4-13,15,17-18,24,26,29H,14,16,19H2,1-3H3,(H,35,41)/t24-,29-,46+/m1/s1. The second-order valence-electron chi connectivity index (χ2n) is 11.9. The van der Waals surface area contributed by atoms with Gasteiger partial charge in [0.1, 0.15) is 22.7 Å². The lowest BCUT2D eigenvalue weighted by Crippen LogP contribution is -2.73. The maximum absolute atomic E-state index is 14.2. The molecular formula is C33H32N4O7S2. The minimum absolute atomic E-state index is 0.110. The van der Waals surface area contributed by atoms with Gasteiger partial charge in [0.05, 0.1) is 16.6 Å². The van der Waals surface area contributed by atoms with E-state index in [9.17, 15) is 23.4 Å². The molecule has 3 aliphatic rings. The topological polar surface area (TPSA) is 135 Å². The Bertz CT molecular complexity index is 1710. The van der Waals surface area contributed by atoms with E-state index >= 15 is 0 Å². The summed E-state index contributed by atoms with van der Waals surface area (Å²) in [5, 5.41) is 3.82. The molecule has 0 unspecified atom stereocenters. The van der Waals surface area contributed by atoms with Crippen molar-refractivity contribution in [2.45, 2.75) is 50.3 Å². The van der Waals surface area contributed by atoms with Crippen molar-refractivity contribution in [2.75, 3.05) is 17.2 Å². The Morgan fingerprint density at radius 3 is 2.30 bits per heavy atom. The van der Waals surface area contributed by atoms with Crippen LogP contribution >= 0.6 is 11.3 Å². The van der Waals surface area contributed by atoms with Gasteiger partial charge < -0.3 is 14.8 Å². The van der Waals surface area contributed by atoms with Crippen molar-refractivity contribution < 1.29 is 32.9 Å². The molecule has 4 heterocycles. The number of alkyl carbamates (subject to hydrolysis) is 1. The van der Waals surface area contributed by atoms with E-state index in [1.54, 1.807) is 43.3 Å². The smallest absolute Gasteiger partial charge is 0.408 e. The number of fused-ring (bicyclic) bond motifs is 1. The molecule has 3 aliphatic heterocycles. The van der Waals surface area contributed by atoms with E-state index in [0.717, 1.165) is 4.90 Å². The van der Waals surface area contributed by atoms with Crippen LogP contribution in [0.25, 0.3) is 0 Å². The maximum atomic E-state index is 14.2. The third-order valence-electron chi connectivity index (χ3n) is 7.57. The number of nitrogens with zero attached hydrogens (tertiary/aromatic N) is 3. The average molecular weight is 661 g/mol. The van der Waals surface area contributed by atoms with Gasteiger partial charge in [-0.25, -0.2) is 14.6 Å². The van der Waals surface area contributed by atoms with Crippen LogP contribution in [0, 0.1) is 0 Å². The largest absolute Gasteiger partial charge is 0.448 e. The molecule has 1 N–H and O–H groups in total. The number of aromatic nitrogens is 1. The van der Waals surface area contributed by atoms with Gasteiger partial charge >= 0.3 is 12.1 Å². The van der Waals surface area contributed by atoms with Crippen LogP contribution < -0.4 is 10.2 Å². The number of rotatable bonds is 7. The fraction of sp³-hybridized carbons (Fsp3) is 0.303. The molecule has 13 heteroatoms. The molecule has 0 spiro atoms. The summed E-state index contributed by atoms with van der Waals surface area (Å²) in [6, 6.07) is 17.2. The number of benzene rings is 2. The number of carbonyl (C=O) groups excluding carboxylic acids is 4. The van der Waals surface area contributed by atoms with Crippen molar-refractivity contribution >= 4 is 51.1 Å². The number of carbonyl (C=O) groups is 4. The van der Waals surface area contributed by atoms with Crippen LogP contribution in [-0.2, 0) is 34.7 Å². The molecule has 0 radical (unpaired) electrons. The average Bonchev–Trinajstić information content (AvgIpc) is 3.68. The first kappa shape index (κ1) is 31.4. The zero-order valence-corrected chi connectivity index (χ0v) is 27.0. The van der Waals surface area contributed by atoms with Gasteiger partial charge in [-0.3, -0.25) is 23.6 Å². The van der Waals surface area contributed by atoms with Crippen molar-refractivity contribution in [2.24, 2.45) is 0 Å². The van der Waals surface area contributed by atoms with Crippen LogP contribution in [0.5, 0.6) is 0 Å². The number of hydrogen-bond acceptors (Lipinski definition) is 9. The molecule has 11 nitrogen and oxygen atoms in total. The first-order valence-corrected chi connectivity index (χ1v) is 16.9. The Hall–Kier alpha value is -4.62. The van der Waals surface area contributed by atoms with E-state index in [2.05, 4.69) is 10.3 Å². The number of thiazole rings is 1. The second-order valence-corrected chi connectivity index (χ2v) is 14.3. The quantitative estimate of drug-likeness (QED) is 0.226. The van der Waals surface area contributed by atoms with Gasteiger partial charge in [0.25, 0.3) is 11.8 Å². The van der Waals surface area contributed by atoms with E-state index in [-0.39, 0.29) is 22.9 Å². The third-order valence-corrected chi connectivity index (χ3v) is 9.99. The molecule has 2 fully saturated rings. The Balaban J connectivity index is 1.37. The molecule has 3 amide bonds. The van der Waals surface area contributed by atoms with Crippen LogP contribution in [-0.4, -0.2) is 67.3 Å². The van der Waals surface area contributed by atoms with Crippen LogP contribution in [0.15, 0.2) is 95.2 Å². The van der Waals surface area contributed by atoms with E-state index in [0.29, 0.717) is 34.8 Å². The van der Waals surface area contributed by atoms with E-state index in [4.69, 9.17) is 9.47 Å². The summed E-state index contributed by atoms with van der Waals surface area (Å²) in [6.45, 7) is 5.46. The van der Waals surface area contributed by atoms with Gasteiger partial charge in [0, 0.05) is 23.7 Å². The fourth-order valence-corrected chi connectivity index (χ4v) is 7.87. The minimum atomic E-state index is -1.73. The molecule has 2 saturated heterocycles. The molecule has 46 heavy (non-hydrogen) atoms. The van der Waals surface area contributed by atoms with Crippen LogP contribution in [0.3, 0.4) is 0 Å². The summed E-state index contributed by atoms with van der Waals surface area (Å²) in [6.07, 6.45) is 1.87. The number of amides is 3. The molecule has 3 atom stereocenters. The van der Waals surface area contributed by atoms with Crippen LogP contribution in [0.1, 0.15) is 44.4 Å². The Labute approximate surface area is 272 Å². The second kappa shape index (κ2) is 12.6. The molecule has 3 aromatic rings. The normalized spacial score (nSPS) is 22.2. The van der Waals surface area contributed by atoms with Gasteiger partial charge in [-0.15, -0.1) is 11.3 Å². The monoisotopic (exact) mass is 660 g/mol. The number of hydrogen-bond donors (Lipinski definition) is 1. The molecule has 6 rings (SSSR count). The summed E-state index contributed by atoms with van der Waals surface area (Å²) < 4.78 is 25.1. The number of allylic oxidation sites excluding steroid dienone is 1. The molecule has 0 saturated carbocycles. The van der Waals surface area contributed by atoms with Gasteiger partial charge in [-0.1, -0.05) is 60.7 Å². The lowest BCUT2D eigenvalue weighted by Gasteiger charge is -2.49. The minimum Gasteiger partial charge on any atom is -0.448 e. The zero-order chi connectivity index (χ0) is 32.6. The predicted molar refractivity (Wildman–Crippen MR) is 172 cm³/mol. The number of anilines is 1. The molecule has 1 aromatic heterocycles. The summed E-state index contributed by atoms with van der Waals surface area (Å²) in [4.78, 5) is 60.7. The van der Waals surface area contributed by atoms with Crippen molar-refractivity contribution in [3.8, 4) is 0 Å². The van der Waals surface area contributed by atoms with Gasteiger partial charge in [-0.2, -0.15) is 0 Å². The van der Waals surface area contributed by atoms with E-state index in [1.165, 1.54) is 11.3 Å². The van der Waals surface area contributed by atoms with Gasteiger partial charge in [0.2, 0.25) is 0 Å². The highest BCUT2D eigenvalue weighted by atomic mass is 32.2. The molecule has 0 aliphatic carbocycles. The number of nitrogens with one attached hydrogen (secondary N) is 1. The van der Waals surface area contributed by atoms with Crippen molar-refractivity contribution in [3.05, 3.63) is 106 Å². The maximum Gasteiger partial charge on any atom is 0.408 e. The first-order valence-electron chi connectivity index (χ1n) is 14.7. The van der Waals surface area contributed by atoms with Crippen molar-refractivity contribution in [1.29, 1.82) is 0 Å².